The van der Waals surface area contributed by atoms with Crippen molar-refractivity contribution in [2.24, 2.45) is 0 Å². The van der Waals surface area contributed by atoms with Crippen molar-refractivity contribution in [3.63, 3.8) is 0 Å². The average molecular weight is 278 g/mol. The SMILES string of the molecule is Cc1c(C(F)CN2CCNCC2)ccc2c1COC2=O. The van der Waals surface area contributed by atoms with Gasteiger partial charge < -0.3 is 10.1 Å². The topological polar surface area (TPSA) is 41.6 Å². The highest BCUT2D eigenvalue weighted by atomic mass is 19.1. The molecule has 0 aromatic heterocycles. The van der Waals surface area contributed by atoms with E-state index in [2.05, 4.69) is 10.2 Å². The number of nitrogens with one attached hydrogen (secondary N) is 1. The highest BCUT2D eigenvalue weighted by Crippen LogP contribution is 2.30. The Morgan fingerprint density at radius 1 is 1.40 bits per heavy atom. The molecule has 2 aliphatic rings. The number of benzene rings is 1. The normalized spacial score (nSPS) is 20.6. The zero-order valence-corrected chi connectivity index (χ0v) is 11.6. The minimum absolute atomic E-state index is 0.272. The van der Waals surface area contributed by atoms with E-state index in [9.17, 15) is 9.18 Å². The van der Waals surface area contributed by atoms with Crippen LogP contribution in [-0.2, 0) is 11.3 Å². The molecule has 1 unspecified atom stereocenters. The van der Waals surface area contributed by atoms with Crippen molar-refractivity contribution < 1.29 is 13.9 Å². The maximum absolute atomic E-state index is 14.6. The number of esters is 1. The highest BCUT2D eigenvalue weighted by Gasteiger charge is 2.27. The van der Waals surface area contributed by atoms with Crippen molar-refractivity contribution in [2.45, 2.75) is 19.7 Å². The Morgan fingerprint density at radius 2 is 2.15 bits per heavy atom. The largest absolute Gasteiger partial charge is 0.457 e. The third-order valence-corrected chi connectivity index (χ3v) is 4.17. The summed E-state index contributed by atoms with van der Waals surface area (Å²) in [6.07, 6.45) is -1.02. The number of carbonyl (C=O) groups excluding carboxylic acids is 1. The van der Waals surface area contributed by atoms with E-state index < -0.39 is 6.17 Å². The average Bonchev–Trinajstić information content (AvgIpc) is 2.83. The first-order valence-electron chi connectivity index (χ1n) is 7.03. The van der Waals surface area contributed by atoms with Crippen LogP contribution in [0.1, 0.15) is 33.2 Å². The van der Waals surface area contributed by atoms with Gasteiger partial charge in [0.1, 0.15) is 12.8 Å². The van der Waals surface area contributed by atoms with E-state index in [0.717, 1.165) is 37.3 Å². The summed E-state index contributed by atoms with van der Waals surface area (Å²) in [5.74, 6) is -0.299. The number of carbonyl (C=O) groups is 1. The fourth-order valence-electron chi connectivity index (χ4n) is 2.93. The number of nitrogens with zero attached hydrogens (tertiary/aromatic N) is 1. The van der Waals surface area contributed by atoms with Gasteiger partial charge in [0.2, 0.25) is 0 Å². The summed E-state index contributed by atoms with van der Waals surface area (Å²) in [6.45, 7) is 6.15. The summed E-state index contributed by atoms with van der Waals surface area (Å²) in [6, 6.07) is 3.42. The molecule has 108 valence electrons. The Bertz CT molecular complexity index is 527. The monoisotopic (exact) mass is 278 g/mol. The van der Waals surface area contributed by atoms with Gasteiger partial charge in [-0.1, -0.05) is 6.07 Å². The Hall–Kier alpha value is -1.46. The zero-order chi connectivity index (χ0) is 14.1. The fraction of sp³-hybridized carbons (Fsp3) is 0.533. The van der Waals surface area contributed by atoms with Gasteiger partial charge in [-0.05, 0) is 24.1 Å². The third kappa shape index (κ3) is 2.43. The molecule has 4 nitrogen and oxygen atoms in total. The molecular formula is C15H19FN2O2. The minimum atomic E-state index is -1.02. The first-order valence-corrected chi connectivity index (χ1v) is 7.03. The van der Waals surface area contributed by atoms with E-state index in [-0.39, 0.29) is 12.6 Å². The Morgan fingerprint density at radius 3 is 2.90 bits per heavy atom. The smallest absolute Gasteiger partial charge is 0.338 e. The molecule has 0 aliphatic carbocycles. The quantitative estimate of drug-likeness (QED) is 0.852. The lowest BCUT2D eigenvalue weighted by Gasteiger charge is -2.29. The van der Waals surface area contributed by atoms with Gasteiger partial charge in [-0.2, -0.15) is 0 Å². The first kappa shape index (κ1) is 13.5. The lowest BCUT2D eigenvalue weighted by molar-refractivity contribution is 0.0535. The van der Waals surface area contributed by atoms with Crippen LogP contribution in [0.5, 0.6) is 0 Å². The van der Waals surface area contributed by atoms with E-state index in [1.807, 2.05) is 6.92 Å². The number of hydrogen-bond donors (Lipinski definition) is 1. The number of cyclic esters (lactones) is 1. The van der Waals surface area contributed by atoms with E-state index in [4.69, 9.17) is 4.74 Å². The molecule has 1 aromatic rings. The van der Waals surface area contributed by atoms with E-state index in [0.29, 0.717) is 17.7 Å². The number of hydrogen-bond acceptors (Lipinski definition) is 4. The molecule has 0 bridgehead atoms. The number of fused-ring (bicyclic) bond motifs is 1. The Labute approximate surface area is 117 Å². The number of piperazine rings is 1. The minimum Gasteiger partial charge on any atom is -0.457 e. The molecular weight excluding hydrogens is 259 g/mol. The molecule has 2 heterocycles. The molecule has 0 amide bonds. The number of ether oxygens (including phenoxy) is 1. The van der Waals surface area contributed by atoms with E-state index in [1.165, 1.54) is 0 Å². The second-order valence-electron chi connectivity index (χ2n) is 5.40. The van der Waals surface area contributed by atoms with Crippen LogP contribution in [0.2, 0.25) is 0 Å². The van der Waals surface area contributed by atoms with Crippen LogP contribution in [0.25, 0.3) is 0 Å². The molecule has 0 radical (unpaired) electrons. The Kier molecular flexibility index (Phi) is 3.72. The van der Waals surface area contributed by atoms with Crippen LogP contribution in [0.4, 0.5) is 4.39 Å². The van der Waals surface area contributed by atoms with Gasteiger partial charge in [0.15, 0.2) is 0 Å². The number of alkyl halides is 1. The molecule has 1 saturated heterocycles. The third-order valence-electron chi connectivity index (χ3n) is 4.17. The molecule has 5 heteroatoms. The second kappa shape index (κ2) is 5.50. The van der Waals surface area contributed by atoms with E-state index >= 15 is 0 Å². The molecule has 0 saturated carbocycles. The summed E-state index contributed by atoms with van der Waals surface area (Å²) in [5, 5.41) is 3.26. The standard InChI is InChI=1S/C15H19FN2O2/c1-10-11(2-3-12-13(10)9-20-15(12)19)14(16)8-18-6-4-17-5-7-18/h2-3,14,17H,4-9H2,1H3. The molecule has 1 atom stereocenters. The second-order valence-corrected chi connectivity index (χ2v) is 5.40. The molecule has 0 spiro atoms. The number of halogens is 1. The fourth-order valence-corrected chi connectivity index (χ4v) is 2.93. The van der Waals surface area contributed by atoms with Crippen molar-refractivity contribution in [3.8, 4) is 0 Å². The van der Waals surface area contributed by atoms with Crippen LogP contribution < -0.4 is 5.32 Å². The van der Waals surface area contributed by atoms with Gasteiger partial charge in [-0.3, -0.25) is 4.90 Å². The maximum Gasteiger partial charge on any atom is 0.338 e. The van der Waals surface area contributed by atoms with Crippen LogP contribution in [0.15, 0.2) is 12.1 Å². The predicted octanol–water partition coefficient (Wildman–Crippen LogP) is 1.58. The maximum atomic E-state index is 14.6. The van der Waals surface area contributed by atoms with Crippen molar-refractivity contribution in [1.82, 2.24) is 10.2 Å². The van der Waals surface area contributed by atoms with E-state index in [1.54, 1.807) is 12.1 Å². The molecule has 2 aliphatic heterocycles. The first-order chi connectivity index (χ1) is 9.66. The lowest BCUT2D eigenvalue weighted by Crippen LogP contribution is -2.44. The van der Waals surface area contributed by atoms with Crippen molar-refractivity contribution in [1.29, 1.82) is 0 Å². The van der Waals surface area contributed by atoms with Gasteiger partial charge in [0, 0.05) is 38.3 Å². The number of rotatable bonds is 3. The van der Waals surface area contributed by atoms with Crippen LogP contribution in [-0.4, -0.2) is 43.6 Å². The van der Waals surface area contributed by atoms with Crippen molar-refractivity contribution in [3.05, 3.63) is 34.4 Å². The Balaban J connectivity index is 1.78. The zero-order valence-electron chi connectivity index (χ0n) is 11.6. The van der Waals surface area contributed by atoms with Crippen LogP contribution in [0.3, 0.4) is 0 Å². The lowest BCUT2D eigenvalue weighted by atomic mass is 9.95. The highest BCUT2D eigenvalue weighted by molar-refractivity contribution is 5.93. The molecule has 3 rings (SSSR count). The summed E-state index contributed by atoms with van der Waals surface area (Å²) in [4.78, 5) is 13.6. The molecule has 20 heavy (non-hydrogen) atoms. The van der Waals surface area contributed by atoms with Gasteiger partial charge in [0.05, 0.1) is 5.56 Å². The van der Waals surface area contributed by atoms with Crippen molar-refractivity contribution in [2.75, 3.05) is 32.7 Å². The summed E-state index contributed by atoms with van der Waals surface area (Å²) >= 11 is 0. The summed E-state index contributed by atoms with van der Waals surface area (Å²) < 4.78 is 19.6. The molecule has 1 N–H and O–H groups in total. The molecule has 1 fully saturated rings. The van der Waals surface area contributed by atoms with Crippen LogP contribution in [0, 0.1) is 6.92 Å². The summed E-state index contributed by atoms with van der Waals surface area (Å²) in [5.41, 5.74) is 2.97. The van der Waals surface area contributed by atoms with Crippen molar-refractivity contribution >= 4 is 5.97 Å². The van der Waals surface area contributed by atoms with Crippen LogP contribution >= 0.6 is 0 Å². The van der Waals surface area contributed by atoms with Gasteiger partial charge in [-0.15, -0.1) is 0 Å². The summed E-state index contributed by atoms with van der Waals surface area (Å²) in [7, 11) is 0. The predicted molar refractivity (Wildman–Crippen MR) is 73.5 cm³/mol. The van der Waals surface area contributed by atoms with Gasteiger partial charge in [0.25, 0.3) is 0 Å². The molecule has 1 aromatic carbocycles. The van der Waals surface area contributed by atoms with Gasteiger partial charge in [-0.25, -0.2) is 9.18 Å². The van der Waals surface area contributed by atoms with Gasteiger partial charge >= 0.3 is 5.97 Å².